The van der Waals surface area contributed by atoms with Gasteiger partial charge in [0.1, 0.15) is 5.75 Å². The standard InChI is InChI=1S/C25H38O2/c1-3-19-7-13-22(14-8-19)23-15-9-20(10-16-23)5-6-21-11-17-24(18-12-21)27-25(26)4-2/h11-12,17-20,22-23H,3-10,13-16H2,1-2H3/t19-,20-,22-,23-. The molecule has 2 nitrogen and oxygen atoms in total. The van der Waals surface area contributed by atoms with Crippen LogP contribution in [0.15, 0.2) is 24.3 Å². The molecule has 0 aliphatic heterocycles. The molecule has 2 aliphatic carbocycles. The van der Waals surface area contributed by atoms with Gasteiger partial charge in [0.15, 0.2) is 0 Å². The van der Waals surface area contributed by atoms with Gasteiger partial charge in [-0.25, -0.2) is 0 Å². The van der Waals surface area contributed by atoms with Crippen molar-refractivity contribution in [1.82, 2.24) is 0 Å². The zero-order chi connectivity index (χ0) is 19.1. The van der Waals surface area contributed by atoms with E-state index in [0.29, 0.717) is 12.2 Å². The maximum atomic E-state index is 11.3. The minimum absolute atomic E-state index is 0.164. The zero-order valence-electron chi connectivity index (χ0n) is 17.4. The Bertz CT molecular complexity index is 560. The fourth-order valence-electron chi connectivity index (χ4n) is 5.31. The first kappa shape index (κ1) is 20.4. The maximum absolute atomic E-state index is 11.3. The van der Waals surface area contributed by atoms with Gasteiger partial charge in [0.2, 0.25) is 0 Å². The van der Waals surface area contributed by atoms with Crippen LogP contribution in [-0.2, 0) is 11.2 Å². The molecule has 0 radical (unpaired) electrons. The molecule has 0 atom stereocenters. The normalized spacial score (nSPS) is 28.7. The summed E-state index contributed by atoms with van der Waals surface area (Å²) in [6, 6.07) is 8.12. The number of carbonyl (C=O) groups is 1. The molecule has 1 aromatic carbocycles. The second-order valence-electron chi connectivity index (χ2n) is 8.98. The first-order valence-corrected chi connectivity index (χ1v) is 11.5. The highest BCUT2D eigenvalue weighted by atomic mass is 16.5. The Morgan fingerprint density at radius 2 is 1.41 bits per heavy atom. The SMILES string of the molecule is CCC(=O)Oc1ccc(CC[C@H]2CC[C@H]([C@H]3CC[C@H](CC)CC3)CC2)cc1. The number of hydrogen-bond acceptors (Lipinski definition) is 2. The fraction of sp³-hybridized carbons (Fsp3) is 0.720. The van der Waals surface area contributed by atoms with E-state index in [4.69, 9.17) is 4.74 Å². The van der Waals surface area contributed by atoms with Crippen LogP contribution in [0, 0.1) is 23.7 Å². The first-order valence-electron chi connectivity index (χ1n) is 11.5. The average Bonchev–Trinajstić information content (AvgIpc) is 2.73. The molecule has 3 rings (SSSR count). The van der Waals surface area contributed by atoms with Crippen molar-refractivity contribution in [1.29, 1.82) is 0 Å². The van der Waals surface area contributed by atoms with Gasteiger partial charge in [-0.1, -0.05) is 58.1 Å². The quantitative estimate of drug-likeness (QED) is 0.383. The number of hydrogen-bond donors (Lipinski definition) is 0. The molecule has 0 unspecified atom stereocenters. The van der Waals surface area contributed by atoms with Crippen LogP contribution in [0.5, 0.6) is 5.75 Å². The van der Waals surface area contributed by atoms with E-state index in [0.717, 1.165) is 30.1 Å². The van der Waals surface area contributed by atoms with E-state index in [1.807, 2.05) is 19.1 Å². The summed E-state index contributed by atoms with van der Waals surface area (Å²) in [6.07, 6.45) is 16.1. The molecule has 0 spiro atoms. The van der Waals surface area contributed by atoms with Crippen molar-refractivity contribution in [3.8, 4) is 5.75 Å². The van der Waals surface area contributed by atoms with Crippen LogP contribution in [0.1, 0.15) is 90.0 Å². The molecule has 27 heavy (non-hydrogen) atoms. The minimum atomic E-state index is -0.164. The predicted octanol–water partition coefficient (Wildman–Crippen LogP) is 6.96. The Kier molecular flexibility index (Phi) is 7.79. The Labute approximate surface area is 166 Å². The number of benzene rings is 1. The van der Waals surface area contributed by atoms with Crippen LogP contribution < -0.4 is 4.74 Å². The van der Waals surface area contributed by atoms with Crippen LogP contribution in [0.4, 0.5) is 0 Å². The van der Waals surface area contributed by atoms with Crippen LogP contribution in [-0.4, -0.2) is 5.97 Å². The number of esters is 1. The fourth-order valence-corrected chi connectivity index (χ4v) is 5.31. The van der Waals surface area contributed by atoms with Gasteiger partial charge in [-0.3, -0.25) is 4.79 Å². The van der Waals surface area contributed by atoms with Gasteiger partial charge in [0.05, 0.1) is 0 Å². The van der Waals surface area contributed by atoms with Crippen molar-refractivity contribution in [2.24, 2.45) is 23.7 Å². The Balaban J connectivity index is 1.36. The van der Waals surface area contributed by atoms with E-state index in [1.54, 1.807) is 0 Å². The van der Waals surface area contributed by atoms with E-state index in [9.17, 15) is 4.79 Å². The van der Waals surface area contributed by atoms with Crippen LogP contribution in [0.25, 0.3) is 0 Å². The lowest BCUT2D eigenvalue weighted by molar-refractivity contribution is -0.134. The third-order valence-electron chi connectivity index (χ3n) is 7.31. The molecule has 1 aromatic rings. The van der Waals surface area contributed by atoms with E-state index >= 15 is 0 Å². The van der Waals surface area contributed by atoms with Gasteiger partial charge in [0, 0.05) is 6.42 Å². The molecule has 0 amide bonds. The largest absolute Gasteiger partial charge is 0.427 e. The van der Waals surface area contributed by atoms with E-state index < -0.39 is 0 Å². The third-order valence-corrected chi connectivity index (χ3v) is 7.31. The molecule has 0 saturated heterocycles. The topological polar surface area (TPSA) is 26.3 Å². The van der Waals surface area contributed by atoms with Gasteiger partial charge in [-0.2, -0.15) is 0 Å². The summed E-state index contributed by atoms with van der Waals surface area (Å²) < 4.78 is 5.26. The van der Waals surface area contributed by atoms with Gasteiger partial charge in [-0.05, 0) is 79.9 Å². The Hall–Kier alpha value is -1.31. The van der Waals surface area contributed by atoms with Crippen molar-refractivity contribution in [2.45, 2.75) is 90.9 Å². The Morgan fingerprint density at radius 3 is 1.93 bits per heavy atom. The molecule has 2 aliphatic rings. The van der Waals surface area contributed by atoms with Crippen molar-refractivity contribution in [2.75, 3.05) is 0 Å². The summed E-state index contributed by atoms with van der Waals surface area (Å²) in [7, 11) is 0. The molecular formula is C25H38O2. The van der Waals surface area contributed by atoms with Crippen molar-refractivity contribution >= 4 is 5.97 Å². The van der Waals surface area contributed by atoms with E-state index in [2.05, 4.69) is 19.1 Å². The summed E-state index contributed by atoms with van der Waals surface area (Å²) in [5.41, 5.74) is 1.37. The highest BCUT2D eigenvalue weighted by Crippen LogP contribution is 2.42. The lowest BCUT2D eigenvalue weighted by Gasteiger charge is -2.37. The zero-order valence-corrected chi connectivity index (χ0v) is 17.4. The second-order valence-corrected chi connectivity index (χ2v) is 8.98. The third kappa shape index (κ3) is 6.09. The summed E-state index contributed by atoms with van der Waals surface area (Å²) in [5, 5.41) is 0. The molecule has 2 saturated carbocycles. The highest BCUT2D eigenvalue weighted by molar-refractivity contribution is 5.71. The summed E-state index contributed by atoms with van der Waals surface area (Å²) in [5.74, 6) is 4.49. The first-order chi connectivity index (χ1) is 13.2. The lowest BCUT2D eigenvalue weighted by Crippen LogP contribution is -2.25. The highest BCUT2D eigenvalue weighted by Gasteiger charge is 2.30. The number of ether oxygens (including phenoxy) is 1. The number of carbonyl (C=O) groups excluding carboxylic acids is 1. The monoisotopic (exact) mass is 370 g/mol. The smallest absolute Gasteiger partial charge is 0.310 e. The summed E-state index contributed by atoms with van der Waals surface area (Å²) in [4.78, 5) is 11.3. The van der Waals surface area contributed by atoms with Gasteiger partial charge >= 0.3 is 5.97 Å². The van der Waals surface area contributed by atoms with Gasteiger partial charge in [0.25, 0.3) is 0 Å². The Morgan fingerprint density at radius 1 is 0.852 bits per heavy atom. The van der Waals surface area contributed by atoms with Crippen LogP contribution >= 0.6 is 0 Å². The van der Waals surface area contributed by atoms with Gasteiger partial charge < -0.3 is 4.74 Å². The van der Waals surface area contributed by atoms with E-state index in [-0.39, 0.29) is 5.97 Å². The molecule has 150 valence electrons. The molecule has 2 heteroatoms. The summed E-state index contributed by atoms with van der Waals surface area (Å²) >= 11 is 0. The molecule has 2 fully saturated rings. The maximum Gasteiger partial charge on any atom is 0.310 e. The lowest BCUT2D eigenvalue weighted by atomic mass is 9.68. The predicted molar refractivity (Wildman–Crippen MR) is 112 cm³/mol. The molecule has 0 aromatic heterocycles. The van der Waals surface area contributed by atoms with Crippen molar-refractivity contribution < 1.29 is 9.53 Å². The van der Waals surface area contributed by atoms with E-state index in [1.165, 1.54) is 69.8 Å². The van der Waals surface area contributed by atoms with Gasteiger partial charge in [-0.15, -0.1) is 0 Å². The number of aryl methyl sites for hydroxylation is 1. The minimum Gasteiger partial charge on any atom is -0.427 e. The van der Waals surface area contributed by atoms with Crippen molar-refractivity contribution in [3.05, 3.63) is 29.8 Å². The van der Waals surface area contributed by atoms with Crippen LogP contribution in [0.3, 0.4) is 0 Å². The molecule has 0 heterocycles. The molecule has 0 bridgehead atoms. The number of rotatable bonds is 7. The molecular weight excluding hydrogens is 332 g/mol. The summed E-state index contributed by atoms with van der Waals surface area (Å²) in [6.45, 7) is 4.18. The molecule has 0 N–H and O–H groups in total. The van der Waals surface area contributed by atoms with Crippen molar-refractivity contribution in [3.63, 3.8) is 0 Å². The average molecular weight is 371 g/mol. The van der Waals surface area contributed by atoms with Crippen LogP contribution in [0.2, 0.25) is 0 Å². The second kappa shape index (κ2) is 10.3.